The van der Waals surface area contributed by atoms with Crippen molar-refractivity contribution in [3.05, 3.63) is 68.6 Å². The van der Waals surface area contributed by atoms with Crippen LogP contribution < -0.4 is 10.9 Å². The summed E-state index contributed by atoms with van der Waals surface area (Å²) in [5.74, 6) is 0. The molecular formula is C14H15N3O3. The number of aromatic nitrogens is 1. The van der Waals surface area contributed by atoms with E-state index in [2.05, 4.69) is 5.32 Å². The van der Waals surface area contributed by atoms with Crippen LogP contribution in [0.25, 0.3) is 0 Å². The molecule has 104 valence electrons. The van der Waals surface area contributed by atoms with Gasteiger partial charge in [0.1, 0.15) is 5.69 Å². The van der Waals surface area contributed by atoms with Crippen molar-refractivity contribution in [2.45, 2.75) is 13.5 Å². The molecular weight excluding hydrogens is 258 g/mol. The van der Waals surface area contributed by atoms with E-state index in [-0.39, 0.29) is 11.2 Å². The number of nitrogens with zero attached hydrogens (tertiary/aromatic N) is 2. The smallest absolute Gasteiger partial charge is 0.292 e. The Kier molecular flexibility index (Phi) is 4.14. The Labute approximate surface area is 115 Å². The second-order valence-corrected chi connectivity index (χ2v) is 4.31. The highest BCUT2D eigenvalue weighted by Gasteiger charge is 2.13. The number of hydrogen-bond acceptors (Lipinski definition) is 4. The summed E-state index contributed by atoms with van der Waals surface area (Å²) in [6.07, 6.45) is 1.69. The van der Waals surface area contributed by atoms with Crippen LogP contribution in [-0.2, 0) is 6.54 Å². The Morgan fingerprint density at radius 1 is 1.30 bits per heavy atom. The molecule has 1 heterocycles. The summed E-state index contributed by atoms with van der Waals surface area (Å²) in [4.78, 5) is 22.2. The number of benzene rings is 1. The molecule has 1 aromatic heterocycles. The van der Waals surface area contributed by atoms with Crippen LogP contribution in [0.2, 0.25) is 0 Å². The molecule has 2 rings (SSSR count). The summed E-state index contributed by atoms with van der Waals surface area (Å²) >= 11 is 0. The highest BCUT2D eigenvalue weighted by atomic mass is 16.6. The fourth-order valence-corrected chi connectivity index (χ4v) is 1.96. The van der Waals surface area contributed by atoms with Crippen molar-refractivity contribution in [1.82, 2.24) is 4.57 Å². The molecule has 0 unspecified atom stereocenters. The van der Waals surface area contributed by atoms with Gasteiger partial charge < -0.3 is 9.88 Å². The highest BCUT2D eigenvalue weighted by Crippen LogP contribution is 2.25. The molecule has 0 fully saturated rings. The summed E-state index contributed by atoms with van der Waals surface area (Å²) in [5.41, 5.74) is 1.24. The monoisotopic (exact) mass is 273 g/mol. The lowest BCUT2D eigenvalue weighted by atomic mass is 10.1. The summed E-state index contributed by atoms with van der Waals surface area (Å²) in [6.45, 7) is 2.85. The van der Waals surface area contributed by atoms with E-state index in [1.807, 2.05) is 6.92 Å². The minimum Gasteiger partial charge on any atom is -0.380 e. The molecule has 6 heteroatoms. The van der Waals surface area contributed by atoms with Crippen LogP contribution in [0.5, 0.6) is 0 Å². The zero-order valence-electron chi connectivity index (χ0n) is 11.1. The van der Waals surface area contributed by atoms with Gasteiger partial charge in [0.2, 0.25) is 0 Å². The van der Waals surface area contributed by atoms with Crippen LogP contribution in [0.15, 0.2) is 47.4 Å². The van der Waals surface area contributed by atoms with Crippen LogP contribution in [0, 0.1) is 10.1 Å². The fraction of sp³-hybridized carbons (Fsp3) is 0.214. The van der Waals surface area contributed by atoms with Gasteiger partial charge >= 0.3 is 0 Å². The number of nitrogens with one attached hydrogen (secondary N) is 1. The molecule has 0 saturated carbocycles. The molecule has 1 aromatic carbocycles. The third-order valence-corrected chi connectivity index (χ3v) is 2.88. The third kappa shape index (κ3) is 3.03. The van der Waals surface area contributed by atoms with Gasteiger partial charge in [0.25, 0.3) is 11.2 Å². The van der Waals surface area contributed by atoms with Crippen molar-refractivity contribution < 1.29 is 4.92 Å². The molecule has 0 aliphatic carbocycles. The molecule has 0 aliphatic heterocycles. The van der Waals surface area contributed by atoms with Gasteiger partial charge in [-0.3, -0.25) is 14.9 Å². The zero-order chi connectivity index (χ0) is 14.5. The van der Waals surface area contributed by atoms with Crippen LogP contribution in [-0.4, -0.2) is 16.0 Å². The number of anilines is 1. The molecule has 0 bridgehead atoms. The molecule has 2 aromatic rings. The maximum Gasteiger partial charge on any atom is 0.292 e. The topological polar surface area (TPSA) is 77.2 Å². The maximum atomic E-state index is 11.6. The first-order valence-electron chi connectivity index (χ1n) is 6.28. The van der Waals surface area contributed by atoms with Gasteiger partial charge in [-0.15, -0.1) is 0 Å². The quantitative estimate of drug-likeness (QED) is 0.669. The van der Waals surface area contributed by atoms with Gasteiger partial charge in [0.15, 0.2) is 0 Å². The van der Waals surface area contributed by atoms with Crippen molar-refractivity contribution in [2.24, 2.45) is 0 Å². The molecule has 20 heavy (non-hydrogen) atoms. The molecule has 0 atom stereocenters. The number of nitro benzene ring substituents is 1. The van der Waals surface area contributed by atoms with Crippen molar-refractivity contribution >= 4 is 11.4 Å². The SMILES string of the molecule is CCNc1cc(Cn2ccccc2=O)ccc1[N+](=O)[O-]. The second-order valence-electron chi connectivity index (χ2n) is 4.31. The lowest BCUT2D eigenvalue weighted by Gasteiger charge is -2.09. The molecule has 0 spiro atoms. The van der Waals surface area contributed by atoms with E-state index < -0.39 is 4.92 Å². The van der Waals surface area contributed by atoms with E-state index in [1.54, 1.807) is 35.0 Å². The Bertz CT molecular complexity index is 679. The fourth-order valence-electron chi connectivity index (χ4n) is 1.96. The van der Waals surface area contributed by atoms with E-state index in [9.17, 15) is 14.9 Å². The first kappa shape index (κ1) is 13.8. The van der Waals surface area contributed by atoms with Gasteiger partial charge in [-0.25, -0.2) is 0 Å². The second kappa shape index (κ2) is 6.01. The summed E-state index contributed by atoms with van der Waals surface area (Å²) in [7, 11) is 0. The minimum atomic E-state index is -0.420. The molecule has 0 aliphatic rings. The highest BCUT2D eigenvalue weighted by molar-refractivity contribution is 5.62. The average Bonchev–Trinajstić information content (AvgIpc) is 2.42. The Balaban J connectivity index is 2.34. The molecule has 6 nitrogen and oxygen atoms in total. The van der Waals surface area contributed by atoms with Crippen LogP contribution in [0.3, 0.4) is 0 Å². The molecule has 1 N–H and O–H groups in total. The minimum absolute atomic E-state index is 0.0380. The standard InChI is InChI=1S/C14H15N3O3/c1-2-15-12-9-11(6-7-13(12)17(19)20)10-16-8-4-3-5-14(16)18/h3-9,15H,2,10H2,1H3. The number of pyridine rings is 1. The van der Waals surface area contributed by atoms with Gasteiger partial charge in [0.05, 0.1) is 11.5 Å². The predicted molar refractivity (Wildman–Crippen MR) is 77.1 cm³/mol. The third-order valence-electron chi connectivity index (χ3n) is 2.88. The number of nitro groups is 1. The van der Waals surface area contributed by atoms with Crippen LogP contribution in [0.4, 0.5) is 11.4 Å². The van der Waals surface area contributed by atoms with Gasteiger partial charge in [0, 0.05) is 24.9 Å². The van der Waals surface area contributed by atoms with Crippen molar-refractivity contribution in [2.75, 3.05) is 11.9 Å². The van der Waals surface area contributed by atoms with E-state index in [4.69, 9.17) is 0 Å². The molecule has 0 radical (unpaired) electrons. The largest absolute Gasteiger partial charge is 0.380 e. The van der Waals surface area contributed by atoms with E-state index in [1.165, 1.54) is 12.1 Å². The average molecular weight is 273 g/mol. The predicted octanol–water partition coefficient (Wildman–Crippen LogP) is 2.24. The zero-order valence-corrected chi connectivity index (χ0v) is 11.1. The van der Waals surface area contributed by atoms with Crippen molar-refractivity contribution in [3.8, 4) is 0 Å². The Morgan fingerprint density at radius 2 is 2.10 bits per heavy atom. The van der Waals surface area contributed by atoms with Gasteiger partial charge in [-0.05, 0) is 24.6 Å². The Hall–Kier alpha value is -2.63. The summed E-state index contributed by atoms with van der Waals surface area (Å²) < 4.78 is 1.55. The lowest BCUT2D eigenvalue weighted by molar-refractivity contribution is -0.384. The summed E-state index contributed by atoms with van der Waals surface area (Å²) in [5, 5.41) is 13.9. The van der Waals surface area contributed by atoms with Crippen molar-refractivity contribution in [1.29, 1.82) is 0 Å². The lowest BCUT2D eigenvalue weighted by Crippen LogP contribution is -2.18. The van der Waals surface area contributed by atoms with E-state index in [0.717, 1.165) is 5.56 Å². The molecule has 0 saturated heterocycles. The molecule has 0 amide bonds. The van der Waals surface area contributed by atoms with Gasteiger partial charge in [-0.2, -0.15) is 0 Å². The van der Waals surface area contributed by atoms with E-state index in [0.29, 0.717) is 18.8 Å². The first-order chi connectivity index (χ1) is 9.61. The number of rotatable bonds is 5. The van der Waals surface area contributed by atoms with Crippen LogP contribution in [0.1, 0.15) is 12.5 Å². The van der Waals surface area contributed by atoms with Gasteiger partial charge in [-0.1, -0.05) is 12.1 Å². The van der Waals surface area contributed by atoms with Crippen LogP contribution >= 0.6 is 0 Å². The first-order valence-corrected chi connectivity index (χ1v) is 6.28. The number of hydrogen-bond donors (Lipinski definition) is 1. The Morgan fingerprint density at radius 3 is 2.75 bits per heavy atom. The maximum absolute atomic E-state index is 11.6. The van der Waals surface area contributed by atoms with E-state index >= 15 is 0 Å². The van der Waals surface area contributed by atoms with Crippen molar-refractivity contribution in [3.63, 3.8) is 0 Å². The summed E-state index contributed by atoms with van der Waals surface area (Å²) in [6, 6.07) is 9.77. The normalized spacial score (nSPS) is 10.2.